The summed E-state index contributed by atoms with van der Waals surface area (Å²) in [6.45, 7) is 4.27. The number of rotatable bonds is 7. The number of esters is 1. The summed E-state index contributed by atoms with van der Waals surface area (Å²) in [6.07, 6.45) is 0.467. The maximum absolute atomic E-state index is 12.6. The van der Waals surface area contributed by atoms with Gasteiger partial charge in [0.2, 0.25) is 0 Å². The van der Waals surface area contributed by atoms with Crippen LogP contribution in [0.1, 0.15) is 30.6 Å². The highest BCUT2D eigenvalue weighted by atomic mass is 32.2. The second-order valence-electron chi connectivity index (χ2n) is 6.80. The number of sulfone groups is 1. The van der Waals surface area contributed by atoms with Crippen molar-refractivity contribution in [2.75, 3.05) is 31.8 Å². The third kappa shape index (κ3) is 5.45. The molecule has 1 aromatic carbocycles. The minimum absolute atomic E-state index is 0.0132. The average molecular weight is 383 g/mol. The Labute approximate surface area is 154 Å². The van der Waals surface area contributed by atoms with Crippen LogP contribution in [0.4, 0.5) is 0 Å². The van der Waals surface area contributed by atoms with Gasteiger partial charge in [0.1, 0.15) is 5.75 Å². The number of amides is 1. The molecule has 1 amide bonds. The van der Waals surface area contributed by atoms with E-state index in [9.17, 15) is 18.0 Å². The number of hydrogen-bond acceptors (Lipinski definition) is 6. The van der Waals surface area contributed by atoms with E-state index in [-0.39, 0.29) is 36.0 Å². The van der Waals surface area contributed by atoms with Crippen LogP contribution >= 0.6 is 0 Å². The van der Waals surface area contributed by atoms with Gasteiger partial charge in [0.15, 0.2) is 16.4 Å². The summed E-state index contributed by atoms with van der Waals surface area (Å²) in [4.78, 5) is 25.6. The van der Waals surface area contributed by atoms with Gasteiger partial charge >= 0.3 is 5.97 Å². The van der Waals surface area contributed by atoms with E-state index in [0.717, 1.165) is 0 Å². The minimum atomic E-state index is -3.07. The Balaban J connectivity index is 1.99. The first kappa shape index (κ1) is 20.2. The lowest BCUT2D eigenvalue weighted by molar-refractivity contribution is -0.135. The van der Waals surface area contributed by atoms with Crippen molar-refractivity contribution in [3.05, 3.63) is 29.8 Å². The summed E-state index contributed by atoms with van der Waals surface area (Å²) in [7, 11) is -1.77. The SMILES string of the molecule is COC(=O)c1ccc(OCC(=O)N(CC(C)C)C2CCS(=O)(=O)C2)cc1. The van der Waals surface area contributed by atoms with Gasteiger partial charge in [-0.1, -0.05) is 13.8 Å². The van der Waals surface area contributed by atoms with E-state index in [2.05, 4.69) is 4.74 Å². The number of hydrogen-bond donors (Lipinski definition) is 0. The molecular weight excluding hydrogens is 358 g/mol. The van der Waals surface area contributed by atoms with Gasteiger partial charge in [0.25, 0.3) is 5.91 Å². The van der Waals surface area contributed by atoms with Crippen LogP contribution in [0.15, 0.2) is 24.3 Å². The average Bonchev–Trinajstić information content (AvgIpc) is 2.96. The highest BCUT2D eigenvalue weighted by molar-refractivity contribution is 7.91. The molecule has 0 radical (unpaired) electrons. The predicted molar refractivity (Wildman–Crippen MR) is 96.9 cm³/mol. The van der Waals surface area contributed by atoms with E-state index in [1.54, 1.807) is 29.2 Å². The quantitative estimate of drug-likeness (QED) is 0.663. The minimum Gasteiger partial charge on any atom is -0.484 e. The van der Waals surface area contributed by atoms with Crippen LogP contribution < -0.4 is 4.74 Å². The topological polar surface area (TPSA) is 90.0 Å². The molecule has 0 aliphatic carbocycles. The van der Waals surface area contributed by atoms with Crippen molar-refractivity contribution in [1.82, 2.24) is 4.90 Å². The van der Waals surface area contributed by atoms with Crippen molar-refractivity contribution in [3.63, 3.8) is 0 Å². The van der Waals surface area contributed by atoms with Gasteiger partial charge in [-0.25, -0.2) is 13.2 Å². The summed E-state index contributed by atoms with van der Waals surface area (Å²) in [5, 5.41) is 0. The van der Waals surface area contributed by atoms with Crippen LogP contribution in [0.2, 0.25) is 0 Å². The lowest BCUT2D eigenvalue weighted by Crippen LogP contribution is -2.45. The molecule has 0 spiro atoms. The zero-order valence-corrected chi connectivity index (χ0v) is 16.1. The number of carbonyl (C=O) groups excluding carboxylic acids is 2. The van der Waals surface area contributed by atoms with Crippen molar-refractivity contribution >= 4 is 21.7 Å². The van der Waals surface area contributed by atoms with Gasteiger partial charge in [-0.05, 0) is 36.6 Å². The molecular formula is C18H25NO6S. The smallest absolute Gasteiger partial charge is 0.337 e. The van der Waals surface area contributed by atoms with Crippen molar-refractivity contribution in [1.29, 1.82) is 0 Å². The van der Waals surface area contributed by atoms with Crippen LogP contribution in [0.3, 0.4) is 0 Å². The van der Waals surface area contributed by atoms with E-state index in [1.165, 1.54) is 7.11 Å². The fourth-order valence-electron chi connectivity index (χ4n) is 2.90. The fourth-order valence-corrected chi connectivity index (χ4v) is 4.63. The molecule has 1 saturated heterocycles. The summed E-state index contributed by atoms with van der Waals surface area (Å²) < 4.78 is 33.6. The molecule has 1 aromatic rings. The first-order chi connectivity index (χ1) is 12.2. The second kappa shape index (κ2) is 8.53. The van der Waals surface area contributed by atoms with Gasteiger partial charge in [-0.2, -0.15) is 0 Å². The zero-order chi connectivity index (χ0) is 19.3. The number of nitrogens with zero attached hydrogens (tertiary/aromatic N) is 1. The Kier molecular flexibility index (Phi) is 6.63. The van der Waals surface area contributed by atoms with E-state index in [0.29, 0.717) is 24.3 Å². The molecule has 1 heterocycles. The molecule has 1 aliphatic heterocycles. The molecule has 1 atom stereocenters. The van der Waals surface area contributed by atoms with E-state index >= 15 is 0 Å². The van der Waals surface area contributed by atoms with Crippen molar-refractivity contribution in [3.8, 4) is 5.75 Å². The zero-order valence-electron chi connectivity index (χ0n) is 15.3. The molecule has 144 valence electrons. The molecule has 7 nitrogen and oxygen atoms in total. The molecule has 26 heavy (non-hydrogen) atoms. The van der Waals surface area contributed by atoms with Crippen LogP contribution in [-0.4, -0.2) is 63.0 Å². The van der Waals surface area contributed by atoms with Crippen LogP contribution in [0.5, 0.6) is 5.75 Å². The van der Waals surface area contributed by atoms with Gasteiger partial charge in [0, 0.05) is 12.6 Å². The number of ether oxygens (including phenoxy) is 2. The molecule has 0 saturated carbocycles. The highest BCUT2D eigenvalue weighted by Gasteiger charge is 2.34. The maximum Gasteiger partial charge on any atom is 0.337 e. The first-order valence-corrected chi connectivity index (χ1v) is 10.3. The van der Waals surface area contributed by atoms with Gasteiger partial charge in [-0.3, -0.25) is 4.79 Å². The standard InChI is InChI=1S/C18H25NO6S/c1-13(2)10-19(15-8-9-26(22,23)12-15)17(20)11-25-16-6-4-14(5-7-16)18(21)24-3/h4-7,13,15H,8-12H2,1-3H3. The molecule has 1 aliphatic rings. The van der Waals surface area contributed by atoms with Crippen molar-refractivity contribution in [2.45, 2.75) is 26.3 Å². The molecule has 1 fully saturated rings. The molecule has 0 N–H and O–H groups in total. The predicted octanol–water partition coefficient (Wildman–Crippen LogP) is 1.52. The number of methoxy groups -OCH3 is 1. The maximum atomic E-state index is 12.6. The van der Waals surface area contributed by atoms with Gasteiger partial charge in [0.05, 0.1) is 24.2 Å². The highest BCUT2D eigenvalue weighted by Crippen LogP contribution is 2.20. The molecule has 1 unspecified atom stereocenters. The van der Waals surface area contributed by atoms with Gasteiger partial charge < -0.3 is 14.4 Å². The Bertz CT molecular complexity index is 741. The summed E-state index contributed by atoms with van der Waals surface area (Å²) >= 11 is 0. The van der Waals surface area contributed by atoms with Crippen molar-refractivity contribution in [2.24, 2.45) is 5.92 Å². The monoisotopic (exact) mass is 383 g/mol. The summed E-state index contributed by atoms with van der Waals surface area (Å²) in [6, 6.07) is 6.00. The molecule has 8 heteroatoms. The summed E-state index contributed by atoms with van der Waals surface area (Å²) in [5.74, 6) is 0.126. The molecule has 0 aromatic heterocycles. The Morgan fingerprint density at radius 3 is 2.38 bits per heavy atom. The largest absolute Gasteiger partial charge is 0.484 e. The van der Waals surface area contributed by atoms with Crippen LogP contribution in [0.25, 0.3) is 0 Å². The fraction of sp³-hybridized carbons (Fsp3) is 0.556. The molecule has 2 rings (SSSR count). The Morgan fingerprint density at radius 1 is 1.23 bits per heavy atom. The lowest BCUT2D eigenvalue weighted by Gasteiger charge is -2.29. The van der Waals surface area contributed by atoms with E-state index in [4.69, 9.17) is 4.74 Å². The molecule has 0 bridgehead atoms. The normalized spacial score (nSPS) is 18.5. The third-order valence-corrected chi connectivity index (χ3v) is 5.92. The Hall–Kier alpha value is -2.09. The summed E-state index contributed by atoms with van der Waals surface area (Å²) in [5.41, 5.74) is 0.392. The first-order valence-electron chi connectivity index (χ1n) is 8.53. The van der Waals surface area contributed by atoms with Crippen LogP contribution in [-0.2, 0) is 19.4 Å². The van der Waals surface area contributed by atoms with E-state index in [1.807, 2.05) is 13.8 Å². The second-order valence-corrected chi connectivity index (χ2v) is 9.03. The number of carbonyl (C=O) groups is 2. The van der Waals surface area contributed by atoms with E-state index < -0.39 is 15.8 Å². The third-order valence-electron chi connectivity index (χ3n) is 4.17. The van der Waals surface area contributed by atoms with Gasteiger partial charge in [-0.15, -0.1) is 0 Å². The lowest BCUT2D eigenvalue weighted by atomic mass is 10.1. The van der Waals surface area contributed by atoms with Crippen molar-refractivity contribution < 1.29 is 27.5 Å². The van der Waals surface area contributed by atoms with Crippen LogP contribution in [0, 0.1) is 5.92 Å². The Morgan fingerprint density at radius 2 is 1.88 bits per heavy atom. The number of benzene rings is 1.